The summed E-state index contributed by atoms with van der Waals surface area (Å²) < 4.78 is 2.14. The van der Waals surface area contributed by atoms with E-state index in [0.717, 1.165) is 28.5 Å². The van der Waals surface area contributed by atoms with Crippen LogP contribution in [0.3, 0.4) is 0 Å². The predicted molar refractivity (Wildman–Crippen MR) is 91.5 cm³/mol. The first kappa shape index (κ1) is 14.3. The quantitative estimate of drug-likeness (QED) is 0.721. The van der Waals surface area contributed by atoms with Crippen molar-refractivity contribution in [2.75, 3.05) is 0 Å². The predicted octanol–water partition coefficient (Wildman–Crippen LogP) is 4.10. The molecule has 110 valence electrons. The van der Waals surface area contributed by atoms with E-state index < -0.39 is 0 Å². The second kappa shape index (κ2) is 6.02. The van der Waals surface area contributed by atoms with Crippen LogP contribution in [-0.4, -0.2) is 5.11 Å². The smallest absolute Gasteiger partial charge is 0.204 e. The molecule has 0 bridgehead atoms. The van der Waals surface area contributed by atoms with Gasteiger partial charge in [-0.05, 0) is 35.6 Å². The Bertz CT molecular complexity index is 849. The number of rotatable bonds is 3. The van der Waals surface area contributed by atoms with Crippen LogP contribution in [-0.2, 0) is 13.5 Å². The van der Waals surface area contributed by atoms with Crippen molar-refractivity contribution in [3.63, 3.8) is 0 Å². The van der Waals surface area contributed by atoms with Crippen LogP contribution in [0.1, 0.15) is 23.7 Å². The summed E-state index contributed by atoms with van der Waals surface area (Å²) in [5.74, 6) is 0.325. The zero-order valence-electron chi connectivity index (χ0n) is 13.0. The zero-order valence-corrected chi connectivity index (χ0v) is 13.0. The standard InChI is InChI=1S/C20H19NO/c1-3-15-8-11-17(21(2)14-15)12-9-16-10-13-20(22)19-7-5-4-6-18(16)19/h4-14H,3H2,1-2H3/p+1. The number of hydrogen-bond acceptors (Lipinski definition) is 1. The molecule has 3 aromatic rings. The summed E-state index contributed by atoms with van der Waals surface area (Å²) in [5.41, 5.74) is 3.58. The molecule has 0 radical (unpaired) electrons. The fourth-order valence-corrected chi connectivity index (χ4v) is 2.69. The van der Waals surface area contributed by atoms with Gasteiger partial charge < -0.3 is 5.11 Å². The largest absolute Gasteiger partial charge is 0.507 e. The number of fused-ring (bicyclic) bond motifs is 1. The number of nitrogens with zero attached hydrogens (tertiary/aromatic N) is 1. The highest BCUT2D eigenvalue weighted by Crippen LogP contribution is 2.28. The lowest BCUT2D eigenvalue weighted by atomic mass is 10.0. The van der Waals surface area contributed by atoms with Gasteiger partial charge in [0.1, 0.15) is 12.8 Å². The number of aryl methyl sites for hydroxylation is 2. The molecule has 0 saturated carbocycles. The third kappa shape index (κ3) is 2.73. The van der Waals surface area contributed by atoms with Gasteiger partial charge in [0.25, 0.3) is 0 Å². The molecule has 1 N–H and O–H groups in total. The molecule has 1 heterocycles. The highest BCUT2D eigenvalue weighted by atomic mass is 16.3. The average Bonchev–Trinajstić information content (AvgIpc) is 2.55. The first-order chi connectivity index (χ1) is 10.7. The Morgan fingerprint density at radius 1 is 0.955 bits per heavy atom. The van der Waals surface area contributed by atoms with E-state index in [1.165, 1.54) is 5.56 Å². The molecule has 0 aliphatic carbocycles. The molecule has 1 aromatic heterocycles. The van der Waals surface area contributed by atoms with E-state index in [0.29, 0.717) is 5.75 Å². The fourth-order valence-electron chi connectivity index (χ4n) is 2.69. The first-order valence-corrected chi connectivity index (χ1v) is 7.56. The molecule has 2 nitrogen and oxygen atoms in total. The van der Waals surface area contributed by atoms with Crippen LogP contribution in [0.2, 0.25) is 0 Å². The molecule has 0 saturated heterocycles. The van der Waals surface area contributed by atoms with Gasteiger partial charge in [-0.3, -0.25) is 0 Å². The number of pyridine rings is 1. The number of phenols is 1. The summed E-state index contributed by atoms with van der Waals surface area (Å²) >= 11 is 0. The van der Waals surface area contributed by atoms with Crippen LogP contribution in [0.25, 0.3) is 22.9 Å². The highest BCUT2D eigenvalue weighted by molar-refractivity contribution is 5.96. The number of hydrogen-bond donors (Lipinski definition) is 1. The number of phenolic OH excluding ortho intramolecular Hbond substituents is 1. The molecule has 0 aliphatic rings. The normalized spacial score (nSPS) is 11.4. The molecule has 3 rings (SSSR count). The van der Waals surface area contributed by atoms with Gasteiger partial charge >= 0.3 is 0 Å². The van der Waals surface area contributed by atoms with E-state index in [1.807, 2.05) is 30.3 Å². The minimum atomic E-state index is 0.325. The first-order valence-electron chi connectivity index (χ1n) is 7.56. The highest BCUT2D eigenvalue weighted by Gasteiger charge is 2.05. The van der Waals surface area contributed by atoms with Gasteiger partial charge in [-0.2, -0.15) is 0 Å². The number of aromatic nitrogens is 1. The molecule has 2 aromatic carbocycles. The topological polar surface area (TPSA) is 24.1 Å². The molecule has 0 aliphatic heterocycles. The van der Waals surface area contributed by atoms with Crippen molar-refractivity contribution in [2.24, 2.45) is 7.05 Å². The number of benzene rings is 2. The minimum Gasteiger partial charge on any atom is -0.507 e. The Morgan fingerprint density at radius 3 is 2.45 bits per heavy atom. The summed E-state index contributed by atoms with van der Waals surface area (Å²) in [6.07, 6.45) is 7.41. The van der Waals surface area contributed by atoms with Gasteiger partial charge in [0, 0.05) is 23.1 Å². The second-order valence-corrected chi connectivity index (χ2v) is 5.48. The monoisotopic (exact) mass is 290 g/mol. The fraction of sp³-hybridized carbons (Fsp3) is 0.150. The van der Waals surface area contributed by atoms with Crippen molar-refractivity contribution < 1.29 is 9.67 Å². The SMILES string of the molecule is CCc1ccc(/C=C/c2ccc(O)c3ccccc23)[n+](C)c1. The average molecular weight is 290 g/mol. The second-order valence-electron chi connectivity index (χ2n) is 5.48. The molecule has 0 atom stereocenters. The lowest BCUT2D eigenvalue weighted by molar-refractivity contribution is -0.673. The minimum absolute atomic E-state index is 0.325. The van der Waals surface area contributed by atoms with Crippen LogP contribution in [0, 0.1) is 0 Å². The molecule has 0 amide bonds. The van der Waals surface area contributed by atoms with Crippen LogP contribution in [0.15, 0.2) is 54.7 Å². The van der Waals surface area contributed by atoms with Gasteiger partial charge in [0.15, 0.2) is 6.20 Å². The molecule has 0 fully saturated rings. The Balaban J connectivity index is 2.01. The van der Waals surface area contributed by atoms with E-state index in [2.05, 4.69) is 49.0 Å². The van der Waals surface area contributed by atoms with Crippen LogP contribution in [0.4, 0.5) is 0 Å². The Labute approximate surface area is 131 Å². The van der Waals surface area contributed by atoms with E-state index in [-0.39, 0.29) is 0 Å². The Kier molecular flexibility index (Phi) is 3.92. The Morgan fingerprint density at radius 2 is 1.73 bits per heavy atom. The molecule has 22 heavy (non-hydrogen) atoms. The number of aromatic hydroxyl groups is 1. The maximum absolute atomic E-state index is 9.95. The van der Waals surface area contributed by atoms with Crippen molar-refractivity contribution in [3.8, 4) is 5.75 Å². The summed E-state index contributed by atoms with van der Waals surface area (Å²) in [7, 11) is 2.06. The molecular weight excluding hydrogens is 270 g/mol. The van der Waals surface area contributed by atoms with Gasteiger partial charge in [0.05, 0.1) is 0 Å². The van der Waals surface area contributed by atoms with Gasteiger partial charge in [-0.15, -0.1) is 0 Å². The summed E-state index contributed by atoms with van der Waals surface area (Å²) in [5, 5.41) is 11.9. The van der Waals surface area contributed by atoms with E-state index >= 15 is 0 Å². The molecule has 0 unspecified atom stereocenters. The van der Waals surface area contributed by atoms with Crippen molar-refractivity contribution >= 4 is 22.9 Å². The third-order valence-corrected chi connectivity index (χ3v) is 4.01. The summed E-state index contributed by atoms with van der Waals surface area (Å²) in [6.45, 7) is 2.16. The summed E-state index contributed by atoms with van der Waals surface area (Å²) in [6, 6.07) is 15.9. The van der Waals surface area contributed by atoms with E-state index in [1.54, 1.807) is 6.07 Å². The molecule has 2 heteroatoms. The summed E-state index contributed by atoms with van der Waals surface area (Å²) in [4.78, 5) is 0. The lowest BCUT2D eigenvalue weighted by Gasteiger charge is -2.04. The van der Waals surface area contributed by atoms with E-state index in [4.69, 9.17) is 0 Å². The van der Waals surface area contributed by atoms with Crippen molar-refractivity contribution in [1.82, 2.24) is 0 Å². The molecular formula is C20H20NO+. The van der Waals surface area contributed by atoms with Crippen LogP contribution >= 0.6 is 0 Å². The molecule has 0 spiro atoms. The maximum Gasteiger partial charge on any atom is 0.204 e. The third-order valence-electron chi connectivity index (χ3n) is 4.01. The van der Waals surface area contributed by atoms with Crippen LogP contribution < -0.4 is 4.57 Å². The van der Waals surface area contributed by atoms with Gasteiger partial charge in [-0.1, -0.05) is 37.3 Å². The van der Waals surface area contributed by atoms with Gasteiger partial charge in [-0.25, -0.2) is 4.57 Å². The van der Waals surface area contributed by atoms with E-state index in [9.17, 15) is 5.11 Å². The lowest BCUT2D eigenvalue weighted by Crippen LogP contribution is -2.31. The van der Waals surface area contributed by atoms with Crippen molar-refractivity contribution in [3.05, 3.63) is 71.5 Å². The van der Waals surface area contributed by atoms with Gasteiger partial charge in [0.2, 0.25) is 5.69 Å². The zero-order chi connectivity index (χ0) is 15.5. The van der Waals surface area contributed by atoms with Crippen molar-refractivity contribution in [1.29, 1.82) is 0 Å². The van der Waals surface area contributed by atoms with Crippen LogP contribution in [0.5, 0.6) is 5.75 Å². The Hall–Kier alpha value is -2.61. The van der Waals surface area contributed by atoms with Crippen molar-refractivity contribution in [2.45, 2.75) is 13.3 Å². The maximum atomic E-state index is 9.95.